The summed E-state index contributed by atoms with van der Waals surface area (Å²) in [6.45, 7) is 6.61. The molecule has 2 heterocycles. The number of Topliss-reactive ketones (excluding diaryl/α,β-unsaturated/α-hetero) is 1. The average Bonchev–Trinajstić information content (AvgIpc) is 2.76. The number of aliphatic hydroxyl groups excluding tert-OH is 1. The first-order valence-electron chi connectivity index (χ1n) is 6.06. The molecule has 18 heavy (non-hydrogen) atoms. The Kier molecular flexibility index (Phi) is 3.45. The first-order chi connectivity index (χ1) is 8.41. The predicted molar refractivity (Wildman–Crippen MR) is 67.0 cm³/mol. The fourth-order valence-corrected chi connectivity index (χ4v) is 2.25. The van der Waals surface area contributed by atoms with E-state index in [1.165, 1.54) is 6.92 Å². The molecule has 5 nitrogen and oxygen atoms in total. The summed E-state index contributed by atoms with van der Waals surface area (Å²) in [5.41, 5.74) is -0.352. The van der Waals surface area contributed by atoms with E-state index in [0.29, 0.717) is 24.7 Å². The molecule has 5 heteroatoms. The van der Waals surface area contributed by atoms with E-state index in [-0.39, 0.29) is 24.1 Å². The molecule has 1 aliphatic heterocycles. The van der Waals surface area contributed by atoms with E-state index in [0.717, 1.165) is 0 Å². The van der Waals surface area contributed by atoms with Gasteiger partial charge in [-0.25, -0.2) is 0 Å². The molecule has 0 aromatic carbocycles. The number of aliphatic hydroxyl groups is 1. The largest absolute Gasteiger partial charge is 0.437 e. The van der Waals surface area contributed by atoms with Crippen molar-refractivity contribution in [1.82, 2.24) is 0 Å². The lowest BCUT2D eigenvalue weighted by Gasteiger charge is -2.42. The van der Waals surface area contributed by atoms with Crippen molar-refractivity contribution >= 4 is 11.7 Å². The summed E-state index contributed by atoms with van der Waals surface area (Å²) in [4.78, 5) is 13.2. The molecule has 0 bridgehead atoms. The molecular weight excluding hydrogens is 234 g/mol. The van der Waals surface area contributed by atoms with E-state index in [4.69, 9.17) is 9.15 Å². The molecule has 1 aromatic rings. The fraction of sp³-hybridized carbons (Fsp3) is 0.615. The number of morpholine rings is 1. The molecule has 0 radical (unpaired) electrons. The highest BCUT2D eigenvalue weighted by Gasteiger charge is 2.34. The monoisotopic (exact) mass is 253 g/mol. The van der Waals surface area contributed by atoms with Gasteiger partial charge in [0.2, 0.25) is 0 Å². The van der Waals surface area contributed by atoms with Crippen molar-refractivity contribution in [2.45, 2.75) is 32.5 Å². The normalized spacial score (nSPS) is 23.1. The molecule has 0 aliphatic carbocycles. The van der Waals surface area contributed by atoms with Gasteiger partial charge in [-0.15, -0.1) is 0 Å². The van der Waals surface area contributed by atoms with Gasteiger partial charge in [0.1, 0.15) is 0 Å². The van der Waals surface area contributed by atoms with Gasteiger partial charge in [-0.3, -0.25) is 4.79 Å². The van der Waals surface area contributed by atoms with Crippen LogP contribution in [0.5, 0.6) is 0 Å². The first-order valence-corrected chi connectivity index (χ1v) is 6.06. The Bertz CT molecular complexity index is 438. The van der Waals surface area contributed by atoms with Crippen LogP contribution in [0.15, 0.2) is 16.5 Å². The van der Waals surface area contributed by atoms with Crippen molar-refractivity contribution < 1.29 is 19.1 Å². The standard InChI is InChI=1S/C13H19NO4/c1-9(16)11-4-5-12(17-11)14-6-10(7-15)18-13(2,3)8-14/h4-5,10,15H,6-8H2,1-3H3. The second-order valence-electron chi connectivity index (χ2n) is 5.26. The van der Waals surface area contributed by atoms with Crippen LogP contribution in [0.2, 0.25) is 0 Å². The zero-order valence-electron chi connectivity index (χ0n) is 11.0. The van der Waals surface area contributed by atoms with Crippen LogP contribution in [0.25, 0.3) is 0 Å². The molecule has 0 saturated carbocycles. The summed E-state index contributed by atoms with van der Waals surface area (Å²) in [6.07, 6.45) is -0.236. The number of anilines is 1. The van der Waals surface area contributed by atoms with Crippen molar-refractivity contribution in [2.75, 3.05) is 24.6 Å². The summed E-state index contributed by atoms with van der Waals surface area (Å²) in [6, 6.07) is 3.46. The summed E-state index contributed by atoms with van der Waals surface area (Å²) in [5, 5.41) is 9.24. The summed E-state index contributed by atoms with van der Waals surface area (Å²) in [5.74, 6) is 0.914. The van der Waals surface area contributed by atoms with Crippen LogP contribution in [0, 0.1) is 0 Å². The topological polar surface area (TPSA) is 62.9 Å². The lowest BCUT2D eigenvalue weighted by molar-refractivity contribution is -0.101. The van der Waals surface area contributed by atoms with Crippen LogP contribution in [0.1, 0.15) is 31.3 Å². The van der Waals surface area contributed by atoms with E-state index in [1.54, 1.807) is 12.1 Å². The lowest BCUT2D eigenvalue weighted by Crippen LogP contribution is -2.53. The van der Waals surface area contributed by atoms with Gasteiger partial charge in [-0.2, -0.15) is 0 Å². The van der Waals surface area contributed by atoms with Crippen molar-refractivity contribution in [1.29, 1.82) is 0 Å². The van der Waals surface area contributed by atoms with Gasteiger partial charge in [0, 0.05) is 26.1 Å². The third-order valence-corrected chi connectivity index (χ3v) is 2.94. The SMILES string of the molecule is CC(=O)c1ccc(N2CC(CO)OC(C)(C)C2)o1. The Labute approximate surface area is 106 Å². The van der Waals surface area contributed by atoms with Crippen LogP contribution in [-0.2, 0) is 4.74 Å². The number of rotatable bonds is 3. The van der Waals surface area contributed by atoms with E-state index >= 15 is 0 Å². The first kappa shape index (κ1) is 13.1. The Morgan fingerprint density at radius 3 is 2.83 bits per heavy atom. The molecule has 1 fully saturated rings. The van der Waals surface area contributed by atoms with Crippen molar-refractivity contribution in [3.05, 3.63) is 17.9 Å². The van der Waals surface area contributed by atoms with Crippen LogP contribution in [0.4, 0.5) is 5.88 Å². The van der Waals surface area contributed by atoms with E-state index in [1.807, 2.05) is 18.7 Å². The van der Waals surface area contributed by atoms with Gasteiger partial charge in [0.05, 0.1) is 18.3 Å². The zero-order valence-corrected chi connectivity index (χ0v) is 11.0. The smallest absolute Gasteiger partial charge is 0.196 e. The third kappa shape index (κ3) is 2.73. The minimum absolute atomic E-state index is 0.0276. The maximum absolute atomic E-state index is 11.2. The van der Waals surface area contributed by atoms with Gasteiger partial charge in [-0.05, 0) is 19.9 Å². The molecule has 0 spiro atoms. The molecule has 1 atom stereocenters. The molecule has 1 saturated heterocycles. The zero-order chi connectivity index (χ0) is 13.3. The van der Waals surface area contributed by atoms with E-state index in [9.17, 15) is 9.90 Å². The number of hydrogen-bond acceptors (Lipinski definition) is 5. The second-order valence-corrected chi connectivity index (χ2v) is 5.26. The summed E-state index contributed by atoms with van der Waals surface area (Å²) < 4.78 is 11.2. The Morgan fingerprint density at radius 2 is 2.28 bits per heavy atom. The molecule has 0 amide bonds. The van der Waals surface area contributed by atoms with Crippen molar-refractivity contribution in [2.24, 2.45) is 0 Å². The fourth-order valence-electron chi connectivity index (χ4n) is 2.25. The Hall–Kier alpha value is -1.33. The highest BCUT2D eigenvalue weighted by atomic mass is 16.5. The van der Waals surface area contributed by atoms with Crippen molar-refractivity contribution in [3.63, 3.8) is 0 Å². The average molecular weight is 253 g/mol. The minimum Gasteiger partial charge on any atom is -0.437 e. The number of carbonyl (C=O) groups excluding carboxylic acids is 1. The Morgan fingerprint density at radius 1 is 1.56 bits per heavy atom. The maximum atomic E-state index is 11.2. The highest BCUT2D eigenvalue weighted by Crippen LogP contribution is 2.27. The van der Waals surface area contributed by atoms with Gasteiger partial charge < -0.3 is 19.2 Å². The lowest BCUT2D eigenvalue weighted by atomic mass is 10.1. The molecule has 1 unspecified atom stereocenters. The molecule has 2 rings (SSSR count). The van der Waals surface area contributed by atoms with Gasteiger partial charge in [0.25, 0.3) is 0 Å². The summed E-state index contributed by atoms with van der Waals surface area (Å²) in [7, 11) is 0. The number of hydrogen-bond donors (Lipinski definition) is 1. The molecule has 1 aliphatic rings. The predicted octanol–water partition coefficient (Wildman–Crippen LogP) is 1.46. The molecule has 100 valence electrons. The maximum Gasteiger partial charge on any atom is 0.196 e. The molecule has 1 aromatic heterocycles. The van der Waals surface area contributed by atoms with Gasteiger partial charge >= 0.3 is 0 Å². The number of ketones is 1. The van der Waals surface area contributed by atoms with Gasteiger partial charge in [-0.1, -0.05) is 0 Å². The van der Waals surface area contributed by atoms with Crippen LogP contribution in [0.3, 0.4) is 0 Å². The number of nitrogens with zero attached hydrogens (tertiary/aromatic N) is 1. The minimum atomic E-state index is -0.352. The Balaban J connectivity index is 2.18. The quantitative estimate of drug-likeness (QED) is 0.826. The second kappa shape index (κ2) is 4.74. The van der Waals surface area contributed by atoms with Crippen molar-refractivity contribution in [3.8, 4) is 0 Å². The number of ether oxygens (including phenoxy) is 1. The summed E-state index contributed by atoms with van der Waals surface area (Å²) >= 11 is 0. The van der Waals surface area contributed by atoms with Gasteiger partial charge in [0.15, 0.2) is 17.4 Å². The van der Waals surface area contributed by atoms with Crippen LogP contribution < -0.4 is 4.90 Å². The highest BCUT2D eigenvalue weighted by molar-refractivity contribution is 5.91. The molecule has 1 N–H and O–H groups in total. The number of furan rings is 1. The van der Waals surface area contributed by atoms with Crippen LogP contribution >= 0.6 is 0 Å². The molecular formula is C13H19NO4. The van der Waals surface area contributed by atoms with E-state index in [2.05, 4.69) is 0 Å². The van der Waals surface area contributed by atoms with Crippen LogP contribution in [-0.4, -0.2) is 42.3 Å². The van der Waals surface area contributed by atoms with E-state index < -0.39 is 0 Å². The third-order valence-electron chi connectivity index (χ3n) is 2.94. The number of carbonyl (C=O) groups is 1.